The van der Waals surface area contributed by atoms with Crippen LogP contribution in [0.15, 0.2) is 180 Å². The first-order chi connectivity index (χ1) is 28.7. The fourth-order valence-corrected chi connectivity index (χ4v) is 10.6. The maximum absolute atomic E-state index is 6.53. The van der Waals surface area contributed by atoms with Gasteiger partial charge in [-0.05, 0) is 72.7 Å². The molecule has 0 aliphatic rings. The smallest absolute Gasteiger partial charge is 0.165 e. The van der Waals surface area contributed by atoms with Gasteiger partial charge >= 0.3 is 0 Å². The molecule has 5 heteroatoms. The largest absolute Gasteiger partial charge is 0.456 e. The van der Waals surface area contributed by atoms with Crippen LogP contribution in [0.25, 0.3) is 130 Å². The van der Waals surface area contributed by atoms with Crippen LogP contribution < -0.4 is 0 Å². The summed E-state index contributed by atoms with van der Waals surface area (Å²) in [6.45, 7) is 0. The maximum Gasteiger partial charge on any atom is 0.165 e. The van der Waals surface area contributed by atoms with Crippen LogP contribution in [0, 0.1) is 0 Å². The number of rotatable bonds is 3. The molecule has 0 aliphatic heterocycles. The number of furan rings is 1. The zero-order chi connectivity index (χ0) is 37.9. The third kappa shape index (κ3) is 4.53. The van der Waals surface area contributed by atoms with Crippen molar-refractivity contribution in [2.75, 3.05) is 0 Å². The van der Waals surface area contributed by atoms with Gasteiger partial charge in [-0.1, -0.05) is 152 Å². The molecule has 10 aromatic carbocycles. The van der Waals surface area contributed by atoms with Crippen molar-refractivity contribution in [2.24, 2.45) is 0 Å². The highest BCUT2D eigenvalue weighted by molar-refractivity contribution is 7.27. The van der Waals surface area contributed by atoms with Crippen molar-refractivity contribution in [3.8, 4) is 34.2 Å². The van der Waals surface area contributed by atoms with Gasteiger partial charge in [0.2, 0.25) is 0 Å². The van der Waals surface area contributed by atoms with Gasteiger partial charge in [0.05, 0.1) is 0 Å². The van der Waals surface area contributed by atoms with Crippen LogP contribution in [0.5, 0.6) is 0 Å². The van der Waals surface area contributed by atoms with Gasteiger partial charge in [0, 0.05) is 53.0 Å². The van der Waals surface area contributed by atoms with E-state index >= 15 is 0 Å². The highest BCUT2D eigenvalue weighted by Gasteiger charge is 2.23. The number of thiophene rings is 1. The molecule has 58 heavy (non-hydrogen) atoms. The Morgan fingerprint density at radius 2 is 0.966 bits per heavy atom. The molecule has 0 spiro atoms. The molecule has 13 rings (SSSR count). The molecule has 3 aromatic heterocycles. The van der Waals surface area contributed by atoms with Crippen LogP contribution in [0.1, 0.15) is 0 Å². The fourth-order valence-electron chi connectivity index (χ4n) is 9.30. The molecule has 0 amide bonds. The van der Waals surface area contributed by atoms with Crippen LogP contribution in [0.3, 0.4) is 0 Å². The lowest BCUT2D eigenvalue weighted by Gasteiger charge is -2.13. The van der Waals surface area contributed by atoms with Crippen LogP contribution in [-0.2, 0) is 0 Å². The summed E-state index contributed by atoms with van der Waals surface area (Å²) in [5.74, 6) is 1.87. The first-order valence-electron chi connectivity index (χ1n) is 19.5. The Morgan fingerprint density at radius 1 is 0.362 bits per heavy atom. The van der Waals surface area contributed by atoms with E-state index in [4.69, 9.17) is 19.4 Å². The average Bonchev–Trinajstić information content (AvgIpc) is 3.85. The zero-order valence-corrected chi connectivity index (χ0v) is 31.7. The fraction of sp³-hybridized carbons (Fsp3) is 0. The Morgan fingerprint density at radius 3 is 1.76 bits per heavy atom. The molecule has 0 unspecified atom stereocenters. The van der Waals surface area contributed by atoms with Gasteiger partial charge < -0.3 is 4.42 Å². The van der Waals surface area contributed by atoms with Crippen LogP contribution >= 0.6 is 11.3 Å². The molecule has 4 nitrogen and oxygen atoms in total. The normalized spacial score (nSPS) is 12.1. The summed E-state index contributed by atoms with van der Waals surface area (Å²) in [7, 11) is 0. The molecule has 3 heterocycles. The van der Waals surface area contributed by atoms with E-state index in [1.54, 1.807) is 0 Å². The van der Waals surface area contributed by atoms with Gasteiger partial charge in [0.15, 0.2) is 17.5 Å². The second kappa shape index (κ2) is 12.0. The van der Waals surface area contributed by atoms with E-state index in [1.165, 1.54) is 47.1 Å². The molecular formula is C53H29N3OS. The Labute approximate surface area is 335 Å². The topological polar surface area (TPSA) is 51.8 Å². The molecule has 268 valence electrons. The number of aromatic nitrogens is 3. The maximum atomic E-state index is 6.53. The Bertz CT molecular complexity index is 3830. The third-order valence-corrected chi connectivity index (χ3v) is 13.0. The highest BCUT2D eigenvalue weighted by Crippen LogP contribution is 2.49. The molecule has 0 aliphatic carbocycles. The van der Waals surface area contributed by atoms with Crippen LogP contribution in [0.4, 0.5) is 0 Å². The predicted molar refractivity (Wildman–Crippen MR) is 244 cm³/mol. The van der Waals surface area contributed by atoms with E-state index in [-0.39, 0.29) is 0 Å². The Hall–Kier alpha value is -7.47. The number of fused-ring (bicyclic) bond motifs is 15. The molecule has 0 saturated heterocycles. The highest BCUT2D eigenvalue weighted by atomic mass is 32.1. The van der Waals surface area contributed by atoms with Crippen LogP contribution in [-0.4, -0.2) is 15.0 Å². The van der Waals surface area contributed by atoms with E-state index in [9.17, 15) is 0 Å². The van der Waals surface area contributed by atoms with Crippen molar-refractivity contribution in [3.05, 3.63) is 176 Å². The summed E-state index contributed by atoms with van der Waals surface area (Å²) < 4.78 is 9.00. The van der Waals surface area contributed by atoms with Crippen molar-refractivity contribution >= 4 is 107 Å². The standard InChI is InChI=1S/C53H29N3OS/c1-2-13-30(14-3-1)51-54-52(41-23-12-24-43-46(41)42-27-31-15-4-5-16-32(31)28-44(42)57-43)56-53(55-51)49-34-18-7-6-17-33(34)29-45-48(49)40-26-25-39-37-21-9-8-19-35(37)36-20-10-11-22-38(36)47(39)50(40)58-45/h1-29H. The first-order valence-corrected chi connectivity index (χ1v) is 20.3. The van der Waals surface area contributed by atoms with E-state index in [2.05, 4.69) is 146 Å². The molecule has 0 N–H and O–H groups in total. The molecule has 0 fully saturated rings. The summed E-state index contributed by atoms with van der Waals surface area (Å²) in [5.41, 5.74) is 4.49. The number of hydrogen-bond acceptors (Lipinski definition) is 5. The lowest BCUT2D eigenvalue weighted by Crippen LogP contribution is -2.01. The van der Waals surface area contributed by atoms with Crippen molar-refractivity contribution in [2.45, 2.75) is 0 Å². The van der Waals surface area contributed by atoms with Crippen LogP contribution in [0.2, 0.25) is 0 Å². The summed E-state index contributed by atoms with van der Waals surface area (Å²) in [6, 6.07) is 62.4. The second-order valence-electron chi connectivity index (χ2n) is 15.1. The SMILES string of the molecule is c1ccc(-c2nc(-c3cccc4oc5cc6ccccc6cc5c34)nc(-c3c4ccccc4cc4sc5c(ccc6c7ccccc7c7ccccc7c65)c34)n2)cc1. The quantitative estimate of drug-likeness (QED) is 0.169. The van der Waals surface area contributed by atoms with Crippen molar-refractivity contribution < 1.29 is 4.42 Å². The first kappa shape index (κ1) is 31.7. The van der Waals surface area contributed by atoms with Gasteiger partial charge in [-0.15, -0.1) is 11.3 Å². The van der Waals surface area contributed by atoms with Gasteiger partial charge in [0.1, 0.15) is 11.2 Å². The summed E-state index contributed by atoms with van der Waals surface area (Å²) >= 11 is 1.86. The minimum Gasteiger partial charge on any atom is -0.456 e. The van der Waals surface area contributed by atoms with Gasteiger partial charge in [-0.2, -0.15) is 0 Å². The van der Waals surface area contributed by atoms with E-state index in [0.717, 1.165) is 65.6 Å². The average molecular weight is 756 g/mol. The lowest BCUT2D eigenvalue weighted by atomic mass is 9.92. The zero-order valence-electron chi connectivity index (χ0n) is 30.9. The number of benzene rings is 10. The van der Waals surface area contributed by atoms with E-state index < -0.39 is 0 Å². The molecule has 0 radical (unpaired) electrons. The van der Waals surface area contributed by atoms with Gasteiger partial charge in [0.25, 0.3) is 0 Å². The summed E-state index contributed by atoms with van der Waals surface area (Å²) in [6.07, 6.45) is 0. The minimum absolute atomic E-state index is 0.605. The van der Waals surface area contributed by atoms with E-state index in [1.807, 2.05) is 41.7 Å². The summed E-state index contributed by atoms with van der Waals surface area (Å²) in [4.78, 5) is 16.1. The van der Waals surface area contributed by atoms with Crippen molar-refractivity contribution in [1.82, 2.24) is 15.0 Å². The molecule has 0 atom stereocenters. The minimum atomic E-state index is 0.605. The second-order valence-corrected chi connectivity index (χ2v) is 16.1. The lowest BCUT2D eigenvalue weighted by molar-refractivity contribution is 0.669. The number of nitrogens with zero attached hydrogens (tertiary/aromatic N) is 3. The molecule has 0 saturated carbocycles. The van der Waals surface area contributed by atoms with Gasteiger partial charge in [-0.25, -0.2) is 15.0 Å². The molecular weight excluding hydrogens is 727 g/mol. The van der Waals surface area contributed by atoms with Crippen molar-refractivity contribution in [3.63, 3.8) is 0 Å². The summed E-state index contributed by atoms with van der Waals surface area (Å²) in [5, 5.41) is 16.6. The van der Waals surface area contributed by atoms with E-state index in [0.29, 0.717) is 17.5 Å². The van der Waals surface area contributed by atoms with Gasteiger partial charge in [-0.3, -0.25) is 0 Å². The Balaban J connectivity index is 1.16. The monoisotopic (exact) mass is 755 g/mol. The predicted octanol–water partition coefficient (Wildman–Crippen LogP) is 14.9. The third-order valence-electron chi connectivity index (χ3n) is 11.9. The van der Waals surface area contributed by atoms with Crippen molar-refractivity contribution in [1.29, 1.82) is 0 Å². The molecule has 0 bridgehead atoms. The molecule has 13 aromatic rings. The Kier molecular flexibility index (Phi) is 6.57. The number of hydrogen-bond donors (Lipinski definition) is 0.